The van der Waals surface area contributed by atoms with Crippen molar-refractivity contribution in [1.82, 2.24) is 10.2 Å². The van der Waals surface area contributed by atoms with Crippen molar-refractivity contribution in [3.8, 4) is 0 Å². The normalized spacial score (nSPS) is 12.5. The molecule has 4 aromatic carbocycles. The van der Waals surface area contributed by atoms with Gasteiger partial charge in [-0.25, -0.2) is 8.42 Å². The minimum absolute atomic E-state index is 0.142. The van der Waals surface area contributed by atoms with Gasteiger partial charge in [-0.05, 0) is 50.3 Å². The smallest absolute Gasteiger partial charge is 0.244 e. The lowest BCUT2D eigenvalue weighted by Crippen LogP contribution is -2.56. The average molecular weight is 586 g/mol. The number of rotatable bonds is 10. The molecule has 0 saturated heterocycles. The highest BCUT2D eigenvalue weighted by Crippen LogP contribution is 2.29. The van der Waals surface area contributed by atoms with Gasteiger partial charge in [-0.3, -0.25) is 13.9 Å². The molecule has 0 heterocycles. The Hall–Kier alpha value is -4.17. The number of nitrogens with zero attached hydrogens (tertiary/aromatic N) is 2. The van der Waals surface area contributed by atoms with Crippen molar-refractivity contribution in [2.24, 2.45) is 0 Å². The average Bonchev–Trinajstić information content (AvgIpc) is 2.92. The van der Waals surface area contributed by atoms with Gasteiger partial charge in [0.25, 0.3) is 0 Å². The quantitative estimate of drug-likeness (QED) is 0.268. The number of aryl methyl sites for hydroxylation is 1. The van der Waals surface area contributed by atoms with Gasteiger partial charge in [0.05, 0.1) is 11.9 Å². The molecule has 8 heteroatoms. The summed E-state index contributed by atoms with van der Waals surface area (Å²) >= 11 is 0. The molecule has 42 heavy (non-hydrogen) atoms. The van der Waals surface area contributed by atoms with Crippen LogP contribution in [-0.4, -0.2) is 49.5 Å². The van der Waals surface area contributed by atoms with Crippen LogP contribution >= 0.6 is 0 Å². The van der Waals surface area contributed by atoms with E-state index >= 15 is 0 Å². The Labute approximate surface area is 249 Å². The van der Waals surface area contributed by atoms with Gasteiger partial charge in [-0.15, -0.1) is 0 Å². The van der Waals surface area contributed by atoms with Crippen LogP contribution in [0.3, 0.4) is 0 Å². The fourth-order valence-corrected chi connectivity index (χ4v) is 5.90. The van der Waals surface area contributed by atoms with Crippen molar-refractivity contribution in [2.75, 3.05) is 17.1 Å². The van der Waals surface area contributed by atoms with Crippen LogP contribution in [0, 0.1) is 6.92 Å². The van der Waals surface area contributed by atoms with Crippen molar-refractivity contribution in [2.45, 2.75) is 52.2 Å². The Morgan fingerprint density at radius 3 is 2.12 bits per heavy atom. The maximum atomic E-state index is 14.3. The van der Waals surface area contributed by atoms with Crippen LogP contribution in [0.4, 0.5) is 5.69 Å². The van der Waals surface area contributed by atoms with Crippen LogP contribution in [0.1, 0.15) is 37.5 Å². The second-order valence-electron chi connectivity index (χ2n) is 11.7. The zero-order chi connectivity index (χ0) is 30.5. The van der Waals surface area contributed by atoms with Gasteiger partial charge in [-0.2, -0.15) is 0 Å². The van der Waals surface area contributed by atoms with Gasteiger partial charge in [0.15, 0.2) is 0 Å². The first-order chi connectivity index (χ1) is 19.8. The zero-order valence-electron chi connectivity index (χ0n) is 24.9. The molecule has 7 nitrogen and oxygen atoms in total. The number of hydrogen-bond acceptors (Lipinski definition) is 4. The van der Waals surface area contributed by atoms with E-state index in [0.29, 0.717) is 5.69 Å². The lowest BCUT2D eigenvalue weighted by molar-refractivity contribution is -0.140. The van der Waals surface area contributed by atoms with E-state index in [1.807, 2.05) is 113 Å². The van der Waals surface area contributed by atoms with Gasteiger partial charge in [-0.1, -0.05) is 96.6 Å². The SMILES string of the molecule is Cc1cccc(CN(C(=O)CN(c2cccc3ccccc23)S(C)(=O)=O)[C@H](Cc2ccccc2)C(=O)NC(C)(C)C)c1. The Bertz CT molecular complexity index is 1660. The predicted octanol–water partition coefficient (Wildman–Crippen LogP) is 5.47. The molecule has 4 rings (SSSR count). The summed E-state index contributed by atoms with van der Waals surface area (Å²) in [6.45, 7) is 7.33. The zero-order valence-corrected chi connectivity index (χ0v) is 25.7. The summed E-state index contributed by atoms with van der Waals surface area (Å²) < 4.78 is 27.5. The largest absolute Gasteiger partial charge is 0.350 e. The lowest BCUT2D eigenvalue weighted by Gasteiger charge is -2.35. The van der Waals surface area contributed by atoms with E-state index in [2.05, 4.69) is 5.32 Å². The highest BCUT2D eigenvalue weighted by Gasteiger charge is 2.34. The minimum Gasteiger partial charge on any atom is -0.350 e. The summed E-state index contributed by atoms with van der Waals surface area (Å²) in [6, 6.07) is 29.3. The Morgan fingerprint density at radius 2 is 1.45 bits per heavy atom. The molecule has 0 aromatic heterocycles. The Morgan fingerprint density at radius 1 is 0.833 bits per heavy atom. The van der Waals surface area contributed by atoms with E-state index in [4.69, 9.17) is 0 Å². The second-order valence-corrected chi connectivity index (χ2v) is 13.6. The summed E-state index contributed by atoms with van der Waals surface area (Å²) in [4.78, 5) is 29.7. The van der Waals surface area contributed by atoms with Crippen molar-refractivity contribution >= 4 is 38.3 Å². The summed E-state index contributed by atoms with van der Waals surface area (Å²) in [6.07, 6.45) is 1.37. The number of anilines is 1. The van der Waals surface area contributed by atoms with Crippen LogP contribution in [0.2, 0.25) is 0 Å². The maximum Gasteiger partial charge on any atom is 0.244 e. The minimum atomic E-state index is -3.87. The van der Waals surface area contributed by atoms with Gasteiger partial charge in [0.1, 0.15) is 12.6 Å². The number of nitrogens with one attached hydrogen (secondary N) is 1. The molecular weight excluding hydrogens is 546 g/mol. The van der Waals surface area contributed by atoms with Crippen molar-refractivity contribution in [1.29, 1.82) is 0 Å². The molecule has 0 aliphatic heterocycles. The first-order valence-corrected chi connectivity index (χ1v) is 15.8. The van der Waals surface area contributed by atoms with E-state index in [9.17, 15) is 18.0 Å². The molecule has 1 atom stereocenters. The predicted molar refractivity (Wildman–Crippen MR) is 170 cm³/mol. The monoisotopic (exact) mass is 585 g/mol. The summed E-state index contributed by atoms with van der Waals surface area (Å²) in [5.41, 5.74) is 2.64. The standard InChI is InChI=1S/C34H39N3O4S/c1-25-13-11-16-27(21-25)23-36(31(33(39)35-34(2,3)4)22-26-14-7-6-8-15-26)32(38)24-37(42(5,40)41)30-20-12-18-28-17-9-10-19-29(28)30/h6-21,31H,22-24H2,1-5H3,(H,35,39)/t31-/m1/s1. The fourth-order valence-electron chi connectivity index (χ4n) is 5.03. The first kappa shape index (κ1) is 30.8. The third kappa shape index (κ3) is 7.97. The molecule has 2 amide bonds. The number of sulfonamides is 1. The van der Waals surface area contributed by atoms with Crippen molar-refractivity contribution in [3.05, 3.63) is 114 Å². The van der Waals surface area contributed by atoms with E-state index in [1.165, 1.54) is 4.90 Å². The number of hydrogen-bond donors (Lipinski definition) is 1. The maximum absolute atomic E-state index is 14.3. The van der Waals surface area contributed by atoms with Crippen molar-refractivity contribution < 1.29 is 18.0 Å². The molecule has 220 valence electrons. The first-order valence-electron chi connectivity index (χ1n) is 14.0. The molecule has 0 radical (unpaired) electrons. The lowest BCUT2D eigenvalue weighted by atomic mass is 10.0. The fraction of sp³-hybridized carbons (Fsp3) is 0.294. The molecule has 0 unspecified atom stereocenters. The van der Waals surface area contributed by atoms with Crippen LogP contribution in [0.15, 0.2) is 97.1 Å². The van der Waals surface area contributed by atoms with Crippen LogP contribution in [0.5, 0.6) is 0 Å². The number of carbonyl (C=O) groups excluding carboxylic acids is 2. The number of benzene rings is 4. The summed E-state index contributed by atoms with van der Waals surface area (Å²) in [5.74, 6) is -0.775. The van der Waals surface area contributed by atoms with E-state index in [1.54, 1.807) is 12.1 Å². The van der Waals surface area contributed by atoms with E-state index in [-0.39, 0.29) is 18.9 Å². The molecule has 0 bridgehead atoms. The van der Waals surface area contributed by atoms with Gasteiger partial charge >= 0.3 is 0 Å². The Kier molecular flexibility index (Phi) is 9.36. The molecule has 1 N–H and O–H groups in total. The van der Waals surface area contributed by atoms with Gasteiger partial charge in [0, 0.05) is 23.9 Å². The highest BCUT2D eigenvalue weighted by atomic mass is 32.2. The third-order valence-corrected chi connectivity index (χ3v) is 8.05. The van der Waals surface area contributed by atoms with E-state index < -0.39 is 34.1 Å². The summed E-state index contributed by atoms with van der Waals surface area (Å²) in [5, 5.41) is 4.62. The number of fused-ring (bicyclic) bond motifs is 1. The molecule has 0 aliphatic carbocycles. The van der Waals surface area contributed by atoms with E-state index in [0.717, 1.165) is 38.0 Å². The Balaban J connectivity index is 1.80. The molecule has 0 aliphatic rings. The van der Waals surface area contributed by atoms with Gasteiger partial charge in [0.2, 0.25) is 21.8 Å². The molecule has 0 spiro atoms. The number of carbonyl (C=O) groups is 2. The summed E-state index contributed by atoms with van der Waals surface area (Å²) in [7, 11) is -3.87. The highest BCUT2D eigenvalue weighted by molar-refractivity contribution is 7.92. The molecule has 0 fully saturated rings. The van der Waals surface area contributed by atoms with Crippen LogP contribution in [0.25, 0.3) is 10.8 Å². The molecular formula is C34H39N3O4S. The number of amides is 2. The van der Waals surface area contributed by atoms with Gasteiger partial charge < -0.3 is 10.2 Å². The molecule has 0 saturated carbocycles. The van der Waals surface area contributed by atoms with Crippen LogP contribution < -0.4 is 9.62 Å². The topological polar surface area (TPSA) is 86.8 Å². The third-order valence-electron chi connectivity index (χ3n) is 6.92. The molecule has 4 aromatic rings. The van der Waals surface area contributed by atoms with Crippen LogP contribution in [-0.2, 0) is 32.6 Å². The second kappa shape index (κ2) is 12.8. The van der Waals surface area contributed by atoms with Crippen molar-refractivity contribution in [3.63, 3.8) is 0 Å².